The Morgan fingerprint density at radius 2 is 2.20 bits per heavy atom. The lowest BCUT2D eigenvalue weighted by atomic mass is 10.0. The minimum Gasteiger partial charge on any atom is -0.384 e. The van der Waals surface area contributed by atoms with E-state index in [1.165, 1.54) is 0 Å². The summed E-state index contributed by atoms with van der Waals surface area (Å²) in [5.74, 6) is 1.43. The zero-order valence-corrected chi connectivity index (χ0v) is 17.8. The predicted molar refractivity (Wildman–Crippen MR) is 120 cm³/mol. The molecule has 2 aliphatic rings. The van der Waals surface area contributed by atoms with Crippen LogP contribution in [0.5, 0.6) is 0 Å². The molecule has 2 aromatic heterocycles. The van der Waals surface area contributed by atoms with Crippen molar-refractivity contribution < 1.29 is 4.74 Å². The minimum absolute atomic E-state index is 0.220. The Kier molecular flexibility index (Phi) is 5.21. The molecule has 1 saturated heterocycles. The average molecular weight is 424 g/mol. The SMILES string of the molecule is C[C@@H]1CC(n2c(CN/C=C\C(=N)C3CC3)nc3cnc4ccc(Cl)cc4c32)CCO1. The third-order valence-electron chi connectivity index (χ3n) is 6.03. The number of benzene rings is 1. The van der Waals surface area contributed by atoms with Crippen LogP contribution in [0.3, 0.4) is 0 Å². The zero-order chi connectivity index (χ0) is 20.7. The van der Waals surface area contributed by atoms with E-state index in [4.69, 9.17) is 26.7 Å². The molecular formula is C23H26ClN5O. The molecule has 0 amide bonds. The molecule has 0 radical (unpaired) electrons. The number of halogens is 1. The van der Waals surface area contributed by atoms with Crippen molar-refractivity contribution in [3.8, 4) is 0 Å². The van der Waals surface area contributed by atoms with Crippen molar-refractivity contribution >= 4 is 39.2 Å². The van der Waals surface area contributed by atoms with Crippen LogP contribution < -0.4 is 5.32 Å². The van der Waals surface area contributed by atoms with Crippen LogP contribution in [0.25, 0.3) is 21.9 Å². The molecule has 0 bridgehead atoms. The van der Waals surface area contributed by atoms with E-state index in [9.17, 15) is 0 Å². The van der Waals surface area contributed by atoms with Gasteiger partial charge in [-0.1, -0.05) is 11.6 Å². The molecule has 7 heteroatoms. The number of imidazole rings is 1. The molecule has 0 spiro atoms. The van der Waals surface area contributed by atoms with Crippen LogP contribution in [0.4, 0.5) is 0 Å². The minimum atomic E-state index is 0.220. The summed E-state index contributed by atoms with van der Waals surface area (Å²) in [4.78, 5) is 9.51. The van der Waals surface area contributed by atoms with Crippen LogP contribution in [-0.4, -0.2) is 33.0 Å². The number of aromatic nitrogens is 3. The summed E-state index contributed by atoms with van der Waals surface area (Å²) in [5.41, 5.74) is 3.60. The van der Waals surface area contributed by atoms with E-state index in [0.717, 1.165) is 60.1 Å². The van der Waals surface area contributed by atoms with E-state index in [1.807, 2.05) is 36.7 Å². The van der Waals surface area contributed by atoms with Crippen LogP contribution in [0.15, 0.2) is 36.7 Å². The molecule has 3 aromatic rings. The Balaban J connectivity index is 1.54. The Hall–Kier alpha value is -2.44. The molecule has 2 fully saturated rings. The van der Waals surface area contributed by atoms with Gasteiger partial charge < -0.3 is 20.0 Å². The summed E-state index contributed by atoms with van der Waals surface area (Å²) < 4.78 is 8.16. The smallest absolute Gasteiger partial charge is 0.129 e. The van der Waals surface area contributed by atoms with Gasteiger partial charge in [0.15, 0.2) is 0 Å². The third-order valence-corrected chi connectivity index (χ3v) is 6.27. The fourth-order valence-electron chi connectivity index (χ4n) is 4.35. The first kappa shape index (κ1) is 19.5. The Morgan fingerprint density at radius 1 is 1.33 bits per heavy atom. The summed E-state index contributed by atoms with van der Waals surface area (Å²) in [6.07, 6.45) is 10.0. The molecule has 3 heterocycles. The van der Waals surface area contributed by atoms with E-state index in [1.54, 1.807) is 0 Å². The van der Waals surface area contributed by atoms with Gasteiger partial charge in [-0.05, 0) is 63.1 Å². The molecule has 1 unspecified atom stereocenters. The summed E-state index contributed by atoms with van der Waals surface area (Å²) in [6, 6.07) is 6.14. The van der Waals surface area contributed by atoms with Crippen molar-refractivity contribution in [1.29, 1.82) is 5.41 Å². The van der Waals surface area contributed by atoms with E-state index >= 15 is 0 Å². The number of nitrogens with zero attached hydrogens (tertiary/aromatic N) is 3. The molecule has 30 heavy (non-hydrogen) atoms. The van der Waals surface area contributed by atoms with Gasteiger partial charge in [-0.25, -0.2) is 4.98 Å². The van der Waals surface area contributed by atoms with E-state index < -0.39 is 0 Å². The van der Waals surface area contributed by atoms with E-state index in [2.05, 4.69) is 21.8 Å². The highest BCUT2D eigenvalue weighted by atomic mass is 35.5. The van der Waals surface area contributed by atoms with Gasteiger partial charge >= 0.3 is 0 Å². The van der Waals surface area contributed by atoms with Gasteiger partial charge in [0, 0.05) is 34.7 Å². The molecule has 1 aliphatic heterocycles. The van der Waals surface area contributed by atoms with E-state index in [0.29, 0.717) is 29.2 Å². The number of nitrogens with one attached hydrogen (secondary N) is 2. The highest BCUT2D eigenvalue weighted by Gasteiger charge is 2.26. The second kappa shape index (κ2) is 8.00. The molecule has 1 aromatic carbocycles. The maximum atomic E-state index is 8.03. The van der Waals surface area contributed by atoms with Crippen LogP contribution in [0.2, 0.25) is 5.02 Å². The van der Waals surface area contributed by atoms with Crippen molar-refractivity contribution in [2.45, 2.75) is 51.3 Å². The number of allylic oxidation sites excluding steroid dienone is 1. The van der Waals surface area contributed by atoms with E-state index in [-0.39, 0.29) is 6.10 Å². The topological polar surface area (TPSA) is 75.8 Å². The van der Waals surface area contributed by atoms with Crippen LogP contribution in [0, 0.1) is 11.3 Å². The second-order valence-corrected chi connectivity index (χ2v) is 8.79. The fraction of sp³-hybridized carbons (Fsp3) is 0.435. The number of ether oxygens (including phenoxy) is 1. The lowest BCUT2D eigenvalue weighted by Crippen LogP contribution is -2.27. The number of fused-ring (bicyclic) bond motifs is 3. The van der Waals surface area contributed by atoms with Gasteiger partial charge in [0.1, 0.15) is 11.3 Å². The van der Waals surface area contributed by atoms with Crippen molar-refractivity contribution in [2.75, 3.05) is 6.61 Å². The lowest BCUT2D eigenvalue weighted by Gasteiger charge is -2.30. The van der Waals surface area contributed by atoms with Gasteiger partial charge in [-0.3, -0.25) is 4.98 Å². The predicted octanol–water partition coefficient (Wildman–Crippen LogP) is 5.01. The number of rotatable bonds is 6. The third kappa shape index (κ3) is 3.82. The van der Waals surface area contributed by atoms with Crippen LogP contribution in [0.1, 0.15) is 44.5 Å². The number of hydrogen-bond acceptors (Lipinski definition) is 5. The highest BCUT2D eigenvalue weighted by Crippen LogP contribution is 2.34. The van der Waals surface area contributed by atoms with Gasteiger partial charge in [0.05, 0.1) is 29.9 Å². The molecule has 1 saturated carbocycles. The van der Waals surface area contributed by atoms with Crippen LogP contribution in [-0.2, 0) is 11.3 Å². The first-order chi connectivity index (χ1) is 14.6. The maximum Gasteiger partial charge on any atom is 0.129 e. The zero-order valence-electron chi connectivity index (χ0n) is 17.1. The number of pyridine rings is 1. The largest absolute Gasteiger partial charge is 0.384 e. The molecule has 1 aliphatic carbocycles. The number of hydrogen-bond donors (Lipinski definition) is 2. The first-order valence-electron chi connectivity index (χ1n) is 10.6. The second-order valence-electron chi connectivity index (χ2n) is 8.36. The highest BCUT2D eigenvalue weighted by molar-refractivity contribution is 6.31. The molecule has 156 valence electrons. The normalized spacial score (nSPS) is 22.2. The lowest BCUT2D eigenvalue weighted by molar-refractivity contribution is 0.00622. The maximum absolute atomic E-state index is 8.03. The summed E-state index contributed by atoms with van der Waals surface area (Å²) >= 11 is 6.33. The standard InChI is InChI=1S/C23H26ClN5O/c1-14-10-17(7-9-30-14)29-22(13-26-8-6-19(25)15-2-3-15)28-21-12-27-20-5-4-16(24)11-18(20)23(21)29/h4-6,8,11-12,14-15,17,25-26H,2-3,7,9-10,13H2,1H3/b8-6-,25-19?/t14-,17?/m1/s1. The quantitative estimate of drug-likeness (QED) is 0.546. The molecule has 6 nitrogen and oxygen atoms in total. The molecule has 2 N–H and O–H groups in total. The summed E-state index contributed by atoms with van der Waals surface area (Å²) in [6.45, 7) is 3.48. The average Bonchev–Trinajstić information content (AvgIpc) is 3.51. The Morgan fingerprint density at radius 3 is 3.00 bits per heavy atom. The monoisotopic (exact) mass is 423 g/mol. The molecular weight excluding hydrogens is 398 g/mol. The fourth-order valence-corrected chi connectivity index (χ4v) is 4.53. The first-order valence-corrected chi connectivity index (χ1v) is 11.0. The van der Waals surface area contributed by atoms with Crippen molar-refractivity contribution in [2.24, 2.45) is 5.92 Å². The van der Waals surface area contributed by atoms with Gasteiger partial charge in [0.25, 0.3) is 0 Å². The van der Waals surface area contributed by atoms with Crippen molar-refractivity contribution in [1.82, 2.24) is 19.9 Å². The van der Waals surface area contributed by atoms with Crippen molar-refractivity contribution in [3.63, 3.8) is 0 Å². The summed E-state index contributed by atoms with van der Waals surface area (Å²) in [5, 5.41) is 13.1. The Bertz CT molecular complexity index is 1130. The molecule has 5 rings (SSSR count). The molecule has 2 atom stereocenters. The Labute approximate surface area is 180 Å². The van der Waals surface area contributed by atoms with Gasteiger partial charge in [0.2, 0.25) is 0 Å². The van der Waals surface area contributed by atoms with Crippen LogP contribution >= 0.6 is 11.6 Å². The summed E-state index contributed by atoms with van der Waals surface area (Å²) in [7, 11) is 0. The van der Waals surface area contributed by atoms with Gasteiger partial charge in [-0.15, -0.1) is 0 Å². The van der Waals surface area contributed by atoms with Crippen molar-refractivity contribution in [3.05, 3.63) is 47.5 Å². The van der Waals surface area contributed by atoms with Gasteiger partial charge in [-0.2, -0.15) is 0 Å².